The predicted molar refractivity (Wildman–Crippen MR) is 66.8 cm³/mol. The van der Waals surface area contributed by atoms with Crippen LogP contribution in [0.5, 0.6) is 0 Å². The number of para-hydroxylation sites is 2. The fourth-order valence-corrected chi connectivity index (χ4v) is 1.74. The van der Waals surface area contributed by atoms with Gasteiger partial charge in [-0.15, -0.1) is 0 Å². The van der Waals surface area contributed by atoms with E-state index < -0.39 is 6.10 Å². The zero-order chi connectivity index (χ0) is 12.3. The highest BCUT2D eigenvalue weighted by molar-refractivity contribution is 5.74. The number of rotatable bonds is 5. The first-order valence-corrected chi connectivity index (χ1v) is 5.86. The third-order valence-electron chi connectivity index (χ3n) is 2.56. The highest BCUT2D eigenvalue weighted by Crippen LogP contribution is 2.12. The van der Waals surface area contributed by atoms with Gasteiger partial charge in [-0.2, -0.15) is 0 Å². The zero-order valence-corrected chi connectivity index (χ0v) is 10.2. The first kappa shape index (κ1) is 12.1. The van der Waals surface area contributed by atoms with Gasteiger partial charge in [0.2, 0.25) is 0 Å². The predicted octanol–water partition coefficient (Wildman–Crippen LogP) is 1.82. The van der Waals surface area contributed by atoms with Gasteiger partial charge in [0.1, 0.15) is 0 Å². The van der Waals surface area contributed by atoms with Crippen molar-refractivity contribution in [3.63, 3.8) is 0 Å². The van der Waals surface area contributed by atoms with Gasteiger partial charge in [0.25, 0.3) is 0 Å². The monoisotopic (exact) mass is 234 g/mol. The van der Waals surface area contributed by atoms with Crippen molar-refractivity contribution in [3.05, 3.63) is 30.6 Å². The molecule has 0 fully saturated rings. The van der Waals surface area contributed by atoms with Crippen LogP contribution in [0.1, 0.15) is 13.8 Å². The molecule has 0 aliphatic rings. The number of nitrogens with zero attached hydrogens (tertiary/aromatic N) is 2. The Hall–Kier alpha value is -1.39. The van der Waals surface area contributed by atoms with E-state index >= 15 is 0 Å². The molecule has 0 aliphatic carbocycles. The van der Waals surface area contributed by atoms with E-state index in [0.29, 0.717) is 13.2 Å². The van der Waals surface area contributed by atoms with Crippen molar-refractivity contribution in [1.82, 2.24) is 9.55 Å². The Kier molecular flexibility index (Phi) is 3.76. The molecule has 4 nitrogen and oxygen atoms in total. The lowest BCUT2D eigenvalue weighted by atomic mass is 10.3. The summed E-state index contributed by atoms with van der Waals surface area (Å²) < 4.78 is 7.33. The minimum Gasteiger partial charge on any atom is -0.389 e. The molecule has 2 rings (SSSR count). The topological polar surface area (TPSA) is 47.3 Å². The quantitative estimate of drug-likeness (QED) is 0.858. The number of aromatic nitrogens is 2. The second-order valence-corrected chi connectivity index (χ2v) is 4.42. The Morgan fingerprint density at radius 2 is 2.12 bits per heavy atom. The normalized spacial score (nSPS) is 13.4. The average molecular weight is 234 g/mol. The maximum atomic E-state index is 9.86. The van der Waals surface area contributed by atoms with E-state index in [2.05, 4.69) is 4.98 Å². The summed E-state index contributed by atoms with van der Waals surface area (Å²) in [7, 11) is 0. The van der Waals surface area contributed by atoms with Gasteiger partial charge in [-0.05, 0) is 26.0 Å². The number of fused-ring (bicyclic) bond motifs is 1. The molecule has 0 unspecified atom stereocenters. The molecule has 92 valence electrons. The van der Waals surface area contributed by atoms with Crippen molar-refractivity contribution in [1.29, 1.82) is 0 Å². The van der Waals surface area contributed by atoms with Crippen molar-refractivity contribution < 1.29 is 9.84 Å². The number of ether oxygens (including phenoxy) is 1. The molecule has 1 aromatic carbocycles. The number of benzene rings is 1. The second-order valence-electron chi connectivity index (χ2n) is 4.42. The minimum atomic E-state index is -0.505. The Labute approximate surface area is 101 Å². The molecule has 1 N–H and O–H groups in total. The van der Waals surface area contributed by atoms with Crippen LogP contribution in [0.25, 0.3) is 11.0 Å². The van der Waals surface area contributed by atoms with Crippen molar-refractivity contribution in [3.8, 4) is 0 Å². The summed E-state index contributed by atoms with van der Waals surface area (Å²) >= 11 is 0. The maximum Gasteiger partial charge on any atom is 0.0959 e. The number of aliphatic hydroxyl groups excluding tert-OH is 1. The molecule has 0 saturated heterocycles. The highest BCUT2D eigenvalue weighted by Gasteiger charge is 2.09. The Balaban J connectivity index is 2.03. The molecule has 1 aromatic heterocycles. The molecule has 4 heteroatoms. The molecule has 0 aliphatic heterocycles. The second kappa shape index (κ2) is 5.29. The van der Waals surface area contributed by atoms with Gasteiger partial charge in [0.15, 0.2) is 0 Å². The summed E-state index contributed by atoms with van der Waals surface area (Å²) in [5, 5.41) is 9.86. The van der Waals surface area contributed by atoms with Crippen LogP contribution in [0, 0.1) is 0 Å². The molecule has 17 heavy (non-hydrogen) atoms. The van der Waals surface area contributed by atoms with E-state index in [1.54, 1.807) is 6.33 Å². The SMILES string of the molecule is CC(C)OC[C@@H](O)Cn1cnc2ccccc21. The number of aliphatic hydroxyl groups is 1. The average Bonchev–Trinajstić information content (AvgIpc) is 2.70. The van der Waals surface area contributed by atoms with Crippen molar-refractivity contribution >= 4 is 11.0 Å². The highest BCUT2D eigenvalue weighted by atomic mass is 16.5. The van der Waals surface area contributed by atoms with Crippen molar-refractivity contribution in [2.24, 2.45) is 0 Å². The maximum absolute atomic E-state index is 9.86. The summed E-state index contributed by atoms with van der Waals surface area (Å²) in [6.45, 7) is 4.77. The van der Waals surface area contributed by atoms with E-state index in [1.165, 1.54) is 0 Å². The third kappa shape index (κ3) is 3.05. The Morgan fingerprint density at radius 1 is 1.35 bits per heavy atom. The van der Waals surface area contributed by atoms with E-state index in [0.717, 1.165) is 11.0 Å². The van der Waals surface area contributed by atoms with Gasteiger partial charge >= 0.3 is 0 Å². The summed E-state index contributed by atoms with van der Waals surface area (Å²) in [4.78, 5) is 4.28. The van der Waals surface area contributed by atoms with Crippen molar-refractivity contribution in [2.45, 2.75) is 32.6 Å². The molecule has 1 atom stereocenters. The van der Waals surface area contributed by atoms with Gasteiger partial charge in [-0.3, -0.25) is 0 Å². The molecule has 0 bridgehead atoms. The van der Waals surface area contributed by atoms with Crippen LogP contribution in [0.3, 0.4) is 0 Å². The van der Waals surface area contributed by atoms with Gasteiger partial charge in [0.05, 0.1) is 42.7 Å². The lowest BCUT2D eigenvalue weighted by Gasteiger charge is -2.14. The van der Waals surface area contributed by atoms with E-state index in [9.17, 15) is 5.11 Å². The summed E-state index contributed by atoms with van der Waals surface area (Å²) in [6, 6.07) is 7.89. The van der Waals surface area contributed by atoms with Gasteiger partial charge < -0.3 is 14.4 Å². The minimum absolute atomic E-state index is 0.143. The smallest absolute Gasteiger partial charge is 0.0959 e. The first-order valence-electron chi connectivity index (χ1n) is 5.86. The van der Waals surface area contributed by atoms with Crippen LogP contribution in [0.2, 0.25) is 0 Å². The molecule has 0 radical (unpaired) electrons. The molecule has 0 spiro atoms. The van der Waals surface area contributed by atoms with Crippen molar-refractivity contribution in [2.75, 3.05) is 6.61 Å². The van der Waals surface area contributed by atoms with Crippen LogP contribution < -0.4 is 0 Å². The summed E-state index contributed by atoms with van der Waals surface area (Å²) in [5.41, 5.74) is 1.99. The van der Waals surface area contributed by atoms with Crippen LogP contribution in [0.15, 0.2) is 30.6 Å². The lowest BCUT2D eigenvalue weighted by molar-refractivity contribution is -0.000291. The largest absolute Gasteiger partial charge is 0.389 e. The van der Waals surface area contributed by atoms with Crippen LogP contribution in [-0.4, -0.2) is 33.5 Å². The zero-order valence-electron chi connectivity index (χ0n) is 10.2. The van der Waals surface area contributed by atoms with Gasteiger partial charge in [-0.1, -0.05) is 12.1 Å². The number of hydrogen-bond donors (Lipinski definition) is 1. The first-order chi connectivity index (χ1) is 8.16. The fraction of sp³-hybridized carbons (Fsp3) is 0.462. The summed E-state index contributed by atoms with van der Waals surface area (Å²) in [5.74, 6) is 0. The molecular formula is C13H18N2O2. The molecule has 0 amide bonds. The van der Waals surface area contributed by atoms with E-state index in [-0.39, 0.29) is 6.10 Å². The lowest BCUT2D eigenvalue weighted by Crippen LogP contribution is -2.23. The molecule has 2 aromatic rings. The molecular weight excluding hydrogens is 216 g/mol. The molecule has 0 saturated carbocycles. The van der Waals surface area contributed by atoms with Gasteiger partial charge in [0, 0.05) is 0 Å². The van der Waals surface area contributed by atoms with Gasteiger partial charge in [-0.25, -0.2) is 4.98 Å². The molecule has 1 heterocycles. The third-order valence-corrected chi connectivity index (χ3v) is 2.56. The number of hydrogen-bond acceptors (Lipinski definition) is 3. The van der Waals surface area contributed by atoms with Crippen LogP contribution >= 0.6 is 0 Å². The Bertz CT molecular complexity index is 479. The fourth-order valence-electron chi connectivity index (χ4n) is 1.74. The van der Waals surface area contributed by atoms with E-state index in [4.69, 9.17) is 4.74 Å². The number of imidazole rings is 1. The van der Waals surface area contributed by atoms with Crippen LogP contribution in [-0.2, 0) is 11.3 Å². The summed E-state index contributed by atoms with van der Waals surface area (Å²) in [6.07, 6.45) is 1.39. The Morgan fingerprint density at radius 3 is 2.88 bits per heavy atom. The van der Waals surface area contributed by atoms with Crippen LogP contribution in [0.4, 0.5) is 0 Å². The standard InChI is InChI=1S/C13H18N2O2/c1-10(2)17-8-11(16)7-15-9-14-12-5-3-4-6-13(12)15/h3-6,9-11,16H,7-8H2,1-2H3/t11-/m0/s1. The van der Waals surface area contributed by atoms with E-state index in [1.807, 2.05) is 42.7 Å².